The average Bonchev–Trinajstić information content (AvgIpc) is 3.31. The first-order valence-electron chi connectivity index (χ1n) is 10.6. The van der Waals surface area contributed by atoms with Gasteiger partial charge in [-0.1, -0.05) is 31.1 Å². The van der Waals surface area contributed by atoms with Crippen LogP contribution < -0.4 is 10.6 Å². The number of hydrogen-bond donors (Lipinski definition) is 2. The maximum Gasteiger partial charge on any atom is 0.191 e. The lowest BCUT2D eigenvalue weighted by molar-refractivity contribution is 0.372. The molecule has 0 saturated heterocycles. The van der Waals surface area contributed by atoms with Gasteiger partial charge >= 0.3 is 0 Å². The number of benzene rings is 1. The molecule has 29 heavy (non-hydrogen) atoms. The van der Waals surface area contributed by atoms with Crippen LogP contribution in [0.4, 0.5) is 0 Å². The van der Waals surface area contributed by atoms with Gasteiger partial charge in [-0.25, -0.2) is 9.98 Å². The van der Waals surface area contributed by atoms with Gasteiger partial charge in [0.05, 0.1) is 16.7 Å². The zero-order valence-corrected chi connectivity index (χ0v) is 17.9. The number of nitrogens with one attached hydrogen (secondary N) is 2. The van der Waals surface area contributed by atoms with Gasteiger partial charge in [-0.05, 0) is 38.8 Å². The minimum absolute atomic E-state index is 0.455. The third-order valence-electron chi connectivity index (χ3n) is 5.19. The molecule has 0 aliphatic heterocycles. The highest BCUT2D eigenvalue weighted by atomic mass is 16.5. The number of nitrogens with zero attached hydrogens (tertiary/aromatic N) is 4. The molecule has 0 fully saturated rings. The molecule has 0 unspecified atom stereocenters. The summed E-state index contributed by atoms with van der Waals surface area (Å²) in [5.41, 5.74) is 3.22. The number of para-hydroxylation sites is 2. The Labute approximate surface area is 172 Å². The molecule has 2 N–H and O–H groups in total. The van der Waals surface area contributed by atoms with E-state index in [0.717, 1.165) is 66.7 Å². The minimum atomic E-state index is 0.455. The number of rotatable bonds is 9. The monoisotopic (exact) mass is 396 g/mol. The van der Waals surface area contributed by atoms with Gasteiger partial charge in [0.15, 0.2) is 11.7 Å². The zero-order valence-electron chi connectivity index (χ0n) is 17.9. The minimum Gasteiger partial charge on any atom is -0.359 e. The van der Waals surface area contributed by atoms with Crippen LogP contribution in [0.15, 0.2) is 39.8 Å². The molecular weight excluding hydrogens is 364 g/mol. The van der Waals surface area contributed by atoms with Crippen LogP contribution >= 0.6 is 0 Å². The van der Waals surface area contributed by atoms with Crippen LogP contribution in [-0.4, -0.2) is 33.8 Å². The summed E-state index contributed by atoms with van der Waals surface area (Å²) in [5.74, 6) is 3.04. The average molecular weight is 397 g/mol. The molecule has 0 aliphatic rings. The molecule has 1 aromatic carbocycles. The van der Waals surface area contributed by atoms with Crippen LogP contribution in [0.2, 0.25) is 0 Å². The lowest BCUT2D eigenvalue weighted by Gasteiger charge is -2.12. The van der Waals surface area contributed by atoms with Crippen molar-refractivity contribution < 1.29 is 4.52 Å². The summed E-state index contributed by atoms with van der Waals surface area (Å²) < 4.78 is 7.71. The number of imidazole rings is 1. The summed E-state index contributed by atoms with van der Waals surface area (Å²) >= 11 is 0. The van der Waals surface area contributed by atoms with Crippen molar-refractivity contribution >= 4 is 17.0 Å². The van der Waals surface area contributed by atoms with E-state index in [0.29, 0.717) is 12.5 Å². The normalized spacial score (nSPS) is 12.1. The Morgan fingerprint density at radius 2 is 1.97 bits per heavy atom. The fourth-order valence-corrected chi connectivity index (χ4v) is 3.57. The van der Waals surface area contributed by atoms with E-state index >= 15 is 0 Å². The van der Waals surface area contributed by atoms with E-state index in [4.69, 9.17) is 4.52 Å². The molecule has 0 saturated carbocycles. The lowest BCUT2D eigenvalue weighted by Crippen LogP contribution is -2.38. The van der Waals surface area contributed by atoms with Gasteiger partial charge in [0.1, 0.15) is 12.4 Å². The van der Waals surface area contributed by atoms with Crippen LogP contribution in [-0.2, 0) is 13.1 Å². The van der Waals surface area contributed by atoms with Crippen LogP contribution in [0.1, 0.15) is 56.8 Å². The van der Waals surface area contributed by atoms with Crippen molar-refractivity contribution in [2.24, 2.45) is 4.99 Å². The van der Waals surface area contributed by atoms with Crippen molar-refractivity contribution in [2.45, 2.75) is 59.5 Å². The molecule has 7 nitrogen and oxygen atoms in total. The van der Waals surface area contributed by atoms with Crippen LogP contribution in [0, 0.1) is 6.92 Å². The number of fused-ring (bicyclic) bond motifs is 1. The Hall–Kier alpha value is -2.83. The largest absolute Gasteiger partial charge is 0.359 e. The van der Waals surface area contributed by atoms with E-state index in [-0.39, 0.29) is 0 Å². The number of hydrogen-bond acceptors (Lipinski definition) is 4. The van der Waals surface area contributed by atoms with Crippen molar-refractivity contribution in [3.63, 3.8) is 0 Å². The Kier molecular flexibility index (Phi) is 7.27. The summed E-state index contributed by atoms with van der Waals surface area (Å²) in [6.07, 6.45) is 2.14. The van der Waals surface area contributed by atoms with Crippen LogP contribution in [0.5, 0.6) is 0 Å². The summed E-state index contributed by atoms with van der Waals surface area (Å²) in [4.78, 5) is 9.27. The number of aromatic nitrogens is 3. The van der Waals surface area contributed by atoms with Crippen molar-refractivity contribution in [3.05, 3.63) is 47.6 Å². The maximum atomic E-state index is 5.48. The predicted molar refractivity (Wildman–Crippen MR) is 117 cm³/mol. The number of aliphatic imine (C=N–C) groups is 1. The summed E-state index contributed by atoms with van der Waals surface area (Å²) in [5, 5.41) is 10.9. The second-order valence-corrected chi connectivity index (χ2v) is 7.15. The van der Waals surface area contributed by atoms with E-state index in [1.807, 2.05) is 31.2 Å². The fourth-order valence-electron chi connectivity index (χ4n) is 3.57. The van der Waals surface area contributed by atoms with Gasteiger partial charge in [-0.15, -0.1) is 0 Å². The zero-order chi connectivity index (χ0) is 20.6. The Morgan fingerprint density at radius 1 is 1.17 bits per heavy atom. The summed E-state index contributed by atoms with van der Waals surface area (Å²) in [6, 6.07) is 10.3. The van der Waals surface area contributed by atoms with E-state index in [1.54, 1.807) is 0 Å². The van der Waals surface area contributed by atoms with E-state index < -0.39 is 0 Å². The topological polar surface area (TPSA) is 80.3 Å². The highest BCUT2D eigenvalue weighted by Gasteiger charge is 2.13. The molecule has 2 heterocycles. The van der Waals surface area contributed by atoms with Gasteiger partial charge in [-0.3, -0.25) is 0 Å². The van der Waals surface area contributed by atoms with Crippen molar-refractivity contribution in [3.8, 4) is 0 Å². The summed E-state index contributed by atoms with van der Waals surface area (Å²) in [6.45, 7) is 11.3. The van der Waals surface area contributed by atoms with E-state index in [1.165, 1.54) is 0 Å². The molecule has 3 rings (SSSR count). The van der Waals surface area contributed by atoms with Crippen LogP contribution in [0.25, 0.3) is 11.0 Å². The Bertz CT molecular complexity index is 938. The molecule has 7 heteroatoms. The first-order chi connectivity index (χ1) is 14.2. The maximum absolute atomic E-state index is 5.48. The molecule has 0 aliphatic carbocycles. The SMILES string of the molecule is CCNC(=NCc1cc(C(CC)CC)no1)NCCn1c(C)nc2ccccc21. The van der Waals surface area contributed by atoms with E-state index in [9.17, 15) is 0 Å². The molecular formula is C22H32N6O. The fraction of sp³-hybridized carbons (Fsp3) is 0.500. The lowest BCUT2D eigenvalue weighted by atomic mass is 9.99. The van der Waals surface area contributed by atoms with Gasteiger partial charge in [0, 0.05) is 31.6 Å². The Balaban J connectivity index is 1.60. The molecule has 0 atom stereocenters. The third-order valence-corrected chi connectivity index (χ3v) is 5.19. The number of aryl methyl sites for hydroxylation is 1. The van der Waals surface area contributed by atoms with Crippen LogP contribution in [0.3, 0.4) is 0 Å². The number of guanidine groups is 1. The van der Waals surface area contributed by atoms with Crippen molar-refractivity contribution in [2.75, 3.05) is 13.1 Å². The Morgan fingerprint density at radius 3 is 2.72 bits per heavy atom. The highest BCUT2D eigenvalue weighted by Crippen LogP contribution is 2.22. The van der Waals surface area contributed by atoms with Crippen molar-refractivity contribution in [1.29, 1.82) is 0 Å². The van der Waals surface area contributed by atoms with Crippen molar-refractivity contribution in [1.82, 2.24) is 25.3 Å². The molecule has 0 bridgehead atoms. The standard InChI is InChI=1S/C22H32N6O/c1-5-17(6-2)20-14-18(29-27-20)15-25-22(23-7-3)24-12-13-28-16(4)26-19-10-8-9-11-21(19)28/h8-11,14,17H,5-7,12-13,15H2,1-4H3,(H2,23,24,25). The summed E-state index contributed by atoms with van der Waals surface area (Å²) in [7, 11) is 0. The second kappa shape index (κ2) is 10.1. The molecule has 3 aromatic rings. The first-order valence-corrected chi connectivity index (χ1v) is 10.6. The predicted octanol–water partition coefficient (Wildman–Crippen LogP) is 3.99. The molecule has 0 radical (unpaired) electrons. The van der Waals surface area contributed by atoms with Gasteiger partial charge in [0.25, 0.3) is 0 Å². The first kappa shape index (κ1) is 20.9. The molecule has 156 valence electrons. The molecule has 0 amide bonds. The quantitative estimate of drug-likeness (QED) is 0.422. The van der Waals surface area contributed by atoms with E-state index in [2.05, 4.69) is 57.2 Å². The second-order valence-electron chi connectivity index (χ2n) is 7.15. The third kappa shape index (κ3) is 5.16. The molecule has 2 aromatic heterocycles. The van der Waals surface area contributed by atoms with Gasteiger partial charge < -0.3 is 19.7 Å². The van der Waals surface area contributed by atoms with Gasteiger partial charge in [0.2, 0.25) is 0 Å². The molecule has 0 spiro atoms. The highest BCUT2D eigenvalue weighted by molar-refractivity contribution is 5.79. The van der Waals surface area contributed by atoms with Gasteiger partial charge in [-0.2, -0.15) is 0 Å². The smallest absolute Gasteiger partial charge is 0.191 e.